The van der Waals surface area contributed by atoms with Crippen LogP contribution in [0, 0.1) is 0 Å². The van der Waals surface area contributed by atoms with Crippen molar-refractivity contribution >= 4 is 50.6 Å². The summed E-state index contributed by atoms with van der Waals surface area (Å²) in [5.41, 5.74) is 2.54. The average Bonchev–Trinajstić information content (AvgIpc) is 2.88. The Kier molecular flexibility index (Phi) is 6.07. The van der Waals surface area contributed by atoms with E-state index in [9.17, 15) is 4.79 Å². The Hall–Kier alpha value is -4.02. The van der Waals surface area contributed by atoms with E-state index in [-0.39, 0.29) is 6.03 Å². The van der Waals surface area contributed by atoms with Crippen LogP contribution < -0.4 is 15.0 Å². The van der Waals surface area contributed by atoms with E-state index in [1.54, 1.807) is 36.3 Å². The molecule has 0 unspecified atom stereocenters. The average molecular weight is 467 g/mol. The van der Waals surface area contributed by atoms with E-state index >= 15 is 0 Å². The van der Waals surface area contributed by atoms with Gasteiger partial charge in [0, 0.05) is 16.4 Å². The second-order valence-electron chi connectivity index (χ2n) is 8.02. The van der Waals surface area contributed by atoms with Crippen LogP contribution in [-0.2, 0) is 6.54 Å². The third-order valence-corrected chi connectivity index (χ3v) is 6.18. The standard InChI is InChI=1S/C29H23ClN2O2/c1-34-25-16-14-24(15-17-25)32(29(33)31-23-12-10-22(30)11-13-23)19-28-26-8-4-2-6-20(26)18-21-7-3-5-9-27(21)28/h2-18H,19H2,1H3,(H,31,33). The number of hydrogen-bond acceptors (Lipinski definition) is 2. The molecule has 4 nitrogen and oxygen atoms in total. The van der Waals surface area contributed by atoms with Gasteiger partial charge in [-0.3, -0.25) is 4.90 Å². The van der Waals surface area contributed by atoms with Crippen molar-refractivity contribution in [3.05, 3.63) is 114 Å². The SMILES string of the molecule is COc1ccc(N(Cc2c3ccccc3cc3ccccc23)C(=O)Nc2ccc(Cl)cc2)cc1. The fraction of sp³-hybridized carbons (Fsp3) is 0.0690. The summed E-state index contributed by atoms with van der Waals surface area (Å²) in [5, 5.41) is 8.16. The number of hydrogen-bond donors (Lipinski definition) is 1. The second kappa shape index (κ2) is 9.46. The van der Waals surface area contributed by atoms with Crippen molar-refractivity contribution < 1.29 is 9.53 Å². The molecule has 0 aliphatic carbocycles. The summed E-state index contributed by atoms with van der Waals surface area (Å²) in [6.45, 7) is 0.396. The van der Waals surface area contributed by atoms with Crippen molar-refractivity contribution in [2.24, 2.45) is 0 Å². The van der Waals surface area contributed by atoms with Crippen LogP contribution in [-0.4, -0.2) is 13.1 Å². The fourth-order valence-corrected chi connectivity index (χ4v) is 4.33. The predicted molar refractivity (Wildman–Crippen MR) is 141 cm³/mol. The van der Waals surface area contributed by atoms with E-state index in [2.05, 4.69) is 35.6 Å². The molecule has 0 aliphatic heterocycles. The molecule has 168 valence electrons. The lowest BCUT2D eigenvalue weighted by Crippen LogP contribution is -2.34. The van der Waals surface area contributed by atoms with Crippen LogP contribution in [0.5, 0.6) is 5.75 Å². The van der Waals surface area contributed by atoms with Crippen molar-refractivity contribution in [2.75, 3.05) is 17.3 Å². The highest BCUT2D eigenvalue weighted by atomic mass is 35.5. The number of urea groups is 1. The summed E-state index contributed by atoms with van der Waals surface area (Å²) in [5.74, 6) is 0.734. The summed E-state index contributed by atoms with van der Waals surface area (Å²) < 4.78 is 5.32. The highest BCUT2D eigenvalue weighted by molar-refractivity contribution is 6.30. The van der Waals surface area contributed by atoms with Crippen LogP contribution in [0.1, 0.15) is 5.56 Å². The number of nitrogens with one attached hydrogen (secondary N) is 1. The smallest absolute Gasteiger partial charge is 0.326 e. The lowest BCUT2D eigenvalue weighted by atomic mass is 9.96. The first-order chi connectivity index (χ1) is 16.6. The molecule has 0 heterocycles. The zero-order valence-corrected chi connectivity index (χ0v) is 19.4. The molecule has 0 aromatic heterocycles. The maximum atomic E-state index is 13.6. The van der Waals surface area contributed by atoms with Gasteiger partial charge in [-0.2, -0.15) is 0 Å². The molecule has 2 amide bonds. The maximum absolute atomic E-state index is 13.6. The topological polar surface area (TPSA) is 41.6 Å². The Morgan fingerprint density at radius 2 is 1.41 bits per heavy atom. The van der Waals surface area contributed by atoms with Crippen LogP contribution in [0.25, 0.3) is 21.5 Å². The first-order valence-electron chi connectivity index (χ1n) is 11.0. The number of ether oxygens (including phenoxy) is 1. The maximum Gasteiger partial charge on any atom is 0.326 e. The van der Waals surface area contributed by atoms with Gasteiger partial charge in [0.2, 0.25) is 0 Å². The Labute approximate surface area is 203 Å². The van der Waals surface area contributed by atoms with Crippen molar-refractivity contribution in [2.45, 2.75) is 6.54 Å². The number of amides is 2. The molecule has 1 N–H and O–H groups in total. The van der Waals surface area contributed by atoms with Crippen molar-refractivity contribution in [1.29, 1.82) is 0 Å². The van der Waals surface area contributed by atoms with E-state index in [0.717, 1.165) is 38.5 Å². The number of benzene rings is 5. The van der Waals surface area contributed by atoms with E-state index in [0.29, 0.717) is 17.3 Å². The van der Waals surface area contributed by atoms with Crippen LogP contribution in [0.15, 0.2) is 103 Å². The van der Waals surface area contributed by atoms with E-state index in [4.69, 9.17) is 16.3 Å². The molecule has 0 spiro atoms. The highest BCUT2D eigenvalue weighted by Gasteiger charge is 2.20. The van der Waals surface area contributed by atoms with E-state index in [1.807, 2.05) is 48.5 Å². The van der Waals surface area contributed by atoms with Gasteiger partial charge >= 0.3 is 6.03 Å². The molecular formula is C29H23ClN2O2. The number of halogens is 1. The summed E-state index contributed by atoms with van der Waals surface area (Å²) >= 11 is 6.02. The van der Waals surface area contributed by atoms with Gasteiger partial charge in [-0.25, -0.2) is 4.79 Å². The number of methoxy groups -OCH3 is 1. The zero-order chi connectivity index (χ0) is 23.5. The Bertz CT molecular complexity index is 1410. The van der Waals surface area contributed by atoms with Gasteiger partial charge in [0.1, 0.15) is 5.75 Å². The first kappa shape index (κ1) is 21.8. The molecule has 0 fully saturated rings. The number of anilines is 2. The minimum absolute atomic E-state index is 0.232. The molecule has 34 heavy (non-hydrogen) atoms. The molecule has 0 aliphatic rings. The van der Waals surface area contributed by atoms with E-state index < -0.39 is 0 Å². The van der Waals surface area contributed by atoms with Gasteiger partial charge in [0.15, 0.2) is 0 Å². The van der Waals surface area contributed by atoms with Gasteiger partial charge in [-0.15, -0.1) is 0 Å². The number of carbonyl (C=O) groups is 1. The van der Waals surface area contributed by atoms with Gasteiger partial charge in [0.05, 0.1) is 13.7 Å². The van der Waals surface area contributed by atoms with Crippen molar-refractivity contribution in [1.82, 2.24) is 0 Å². The third-order valence-electron chi connectivity index (χ3n) is 5.92. The fourth-order valence-electron chi connectivity index (χ4n) is 4.20. The molecule has 0 radical (unpaired) electrons. The van der Waals surface area contributed by atoms with Gasteiger partial charge < -0.3 is 10.1 Å². The molecule has 0 saturated heterocycles. The van der Waals surface area contributed by atoms with Crippen LogP contribution in [0.4, 0.5) is 16.2 Å². The minimum Gasteiger partial charge on any atom is -0.497 e. The third kappa shape index (κ3) is 4.41. The Morgan fingerprint density at radius 3 is 2.00 bits per heavy atom. The van der Waals surface area contributed by atoms with Crippen LogP contribution >= 0.6 is 11.6 Å². The summed E-state index contributed by atoms with van der Waals surface area (Å²) in [7, 11) is 1.63. The summed E-state index contributed by atoms with van der Waals surface area (Å²) in [6.07, 6.45) is 0. The van der Waals surface area contributed by atoms with Crippen molar-refractivity contribution in [3.8, 4) is 5.75 Å². The molecule has 5 rings (SSSR count). The van der Waals surface area contributed by atoms with Crippen LogP contribution in [0.3, 0.4) is 0 Å². The lowest BCUT2D eigenvalue weighted by Gasteiger charge is -2.25. The van der Waals surface area contributed by atoms with E-state index in [1.165, 1.54) is 0 Å². The largest absolute Gasteiger partial charge is 0.497 e. The molecular weight excluding hydrogens is 444 g/mol. The Morgan fingerprint density at radius 1 is 0.824 bits per heavy atom. The highest BCUT2D eigenvalue weighted by Crippen LogP contribution is 2.31. The molecule has 5 aromatic rings. The number of nitrogens with zero attached hydrogens (tertiary/aromatic N) is 1. The molecule has 5 aromatic carbocycles. The lowest BCUT2D eigenvalue weighted by molar-refractivity contribution is 0.256. The van der Waals surface area contributed by atoms with Gasteiger partial charge in [0.25, 0.3) is 0 Å². The zero-order valence-electron chi connectivity index (χ0n) is 18.7. The number of fused-ring (bicyclic) bond motifs is 2. The molecule has 0 atom stereocenters. The molecule has 0 saturated carbocycles. The van der Waals surface area contributed by atoms with Gasteiger partial charge in [-0.05, 0) is 81.7 Å². The molecule has 5 heteroatoms. The normalized spacial score (nSPS) is 10.9. The quantitative estimate of drug-likeness (QED) is 0.267. The Balaban J connectivity index is 1.61. The first-order valence-corrected chi connectivity index (χ1v) is 11.4. The summed E-state index contributed by atoms with van der Waals surface area (Å²) in [6, 6.07) is 33.2. The van der Waals surface area contributed by atoms with Crippen LogP contribution in [0.2, 0.25) is 5.02 Å². The molecule has 0 bridgehead atoms. The summed E-state index contributed by atoms with van der Waals surface area (Å²) in [4.78, 5) is 15.3. The van der Waals surface area contributed by atoms with Crippen molar-refractivity contribution in [3.63, 3.8) is 0 Å². The predicted octanol–water partition coefficient (Wildman–Crippen LogP) is 7.89. The minimum atomic E-state index is -0.232. The van der Waals surface area contributed by atoms with Gasteiger partial charge in [-0.1, -0.05) is 60.1 Å². The number of rotatable bonds is 5. The number of carbonyl (C=O) groups excluding carboxylic acids is 1. The second-order valence-corrected chi connectivity index (χ2v) is 8.46. The monoisotopic (exact) mass is 466 g/mol.